The molecule has 1 amide bonds. The van der Waals surface area contributed by atoms with Gasteiger partial charge in [-0.15, -0.1) is 11.3 Å². The zero-order valence-electron chi connectivity index (χ0n) is 11.3. The van der Waals surface area contributed by atoms with Gasteiger partial charge in [0.05, 0.1) is 6.04 Å². The lowest BCUT2D eigenvalue weighted by Gasteiger charge is -2.16. The van der Waals surface area contributed by atoms with Crippen LogP contribution in [0.1, 0.15) is 47.5 Å². The quantitative estimate of drug-likeness (QED) is 0.861. The lowest BCUT2D eigenvalue weighted by Crippen LogP contribution is -2.34. The van der Waals surface area contributed by atoms with Gasteiger partial charge in [0.1, 0.15) is 0 Å². The number of hydrogen-bond donors (Lipinski definition) is 2. The zero-order chi connectivity index (χ0) is 13.3. The van der Waals surface area contributed by atoms with E-state index in [1.807, 2.05) is 6.92 Å². The summed E-state index contributed by atoms with van der Waals surface area (Å²) in [6.45, 7) is 6.24. The van der Waals surface area contributed by atoms with Gasteiger partial charge in [0, 0.05) is 22.2 Å². The molecule has 18 heavy (non-hydrogen) atoms. The fourth-order valence-electron chi connectivity index (χ4n) is 2.36. The van der Waals surface area contributed by atoms with Crippen molar-refractivity contribution < 1.29 is 4.79 Å². The number of hydrogen-bond acceptors (Lipinski definition) is 3. The van der Waals surface area contributed by atoms with E-state index in [0.717, 1.165) is 0 Å². The van der Waals surface area contributed by atoms with Gasteiger partial charge in [0.15, 0.2) is 0 Å². The van der Waals surface area contributed by atoms with E-state index < -0.39 is 0 Å². The molecule has 1 heterocycles. The van der Waals surface area contributed by atoms with Gasteiger partial charge in [0.2, 0.25) is 5.91 Å². The van der Waals surface area contributed by atoms with E-state index in [1.165, 1.54) is 28.2 Å². The molecule has 1 saturated carbocycles. The van der Waals surface area contributed by atoms with Crippen molar-refractivity contribution in [3.05, 3.63) is 21.4 Å². The standard InChI is InChI=1S/C14H22N2OS/c1-8-6-12(10(3)18-8)9(2)16-14(17)7-13(15)11-4-5-11/h6,9,11,13H,4-5,7,15H2,1-3H3,(H,16,17). The molecule has 3 nitrogen and oxygen atoms in total. The molecule has 1 aromatic heterocycles. The van der Waals surface area contributed by atoms with Crippen LogP contribution in [0.5, 0.6) is 0 Å². The van der Waals surface area contributed by atoms with Gasteiger partial charge in [-0.25, -0.2) is 0 Å². The Hall–Kier alpha value is -0.870. The van der Waals surface area contributed by atoms with Gasteiger partial charge in [-0.3, -0.25) is 4.79 Å². The fraction of sp³-hybridized carbons (Fsp3) is 0.643. The number of nitrogens with two attached hydrogens (primary N) is 1. The number of rotatable bonds is 5. The molecule has 1 aliphatic rings. The first-order chi connectivity index (χ1) is 8.47. The molecule has 2 rings (SSSR count). The highest BCUT2D eigenvalue weighted by Crippen LogP contribution is 2.33. The van der Waals surface area contributed by atoms with Crippen molar-refractivity contribution in [2.24, 2.45) is 11.7 Å². The highest BCUT2D eigenvalue weighted by atomic mass is 32.1. The van der Waals surface area contributed by atoms with Gasteiger partial charge in [-0.2, -0.15) is 0 Å². The van der Waals surface area contributed by atoms with E-state index in [0.29, 0.717) is 12.3 Å². The summed E-state index contributed by atoms with van der Waals surface area (Å²) in [4.78, 5) is 14.5. The second-order valence-electron chi connectivity index (χ2n) is 5.36. The SMILES string of the molecule is Cc1cc(C(C)NC(=O)CC(N)C2CC2)c(C)s1. The first-order valence-electron chi connectivity index (χ1n) is 6.59. The fourth-order valence-corrected chi connectivity index (χ4v) is 3.39. The maximum Gasteiger partial charge on any atom is 0.222 e. The molecule has 4 heteroatoms. The molecule has 2 unspecified atom stereocenters. The molecule has 1 fully saturated rings. The highest BCUT2D eigenvalue weighted by Gasteiger charge is 2.30. The monoisotopic (exact) mass is 266 g/mol. The maximum atomic E-state index is 11.9. The Morgan fingerprint density at radius 1 is 1.56 bits per heavy atom. The number of amides is 1. The van der Waals surface area contributed by atoms with Crippen LogP contribution in [-0.4, -0.2) is 11.9 Å². The Morgan fingerprint density at radius 2 is 2.22 bits per heavy atom. The summed E-state index contributed by atoms with van der Waals surface area (Å²) in [7, 11) is 0. The second kappa shape index (κ2) is 5.41. The molecule has 1 aliphatic carbocycles. The third-order valence-corrected chi connectivity index (χ3v) is 4.55. The summed E-state index contributed by atoms with van der Waals surface area (Å²) >= 11 is 1.78. The third-order valence-electron chi connectivity index (χ3n) is 3.57. The molecule has 0 saturated heterocycles. The average molecular weight is 266 g/mol. The molecule has 3 N–H and O–H groups in total. The van der Waals surface area contributed by atoms with Crippen molar-refractivity contribution in [3.8, 4) is 0 Å². The van der Waals surface area contributed by atoms with Crippen LogP contribution in [0.4, 0.5) is 0 Å². The van der Waals surface area contributed by atoms with E-state index in [4.69, 9.17) is 5.73 Å². The smallest absolute Gasteiger partial charge is 0.222 e. The molecule has 2 atom stereocenters. The van der Waals surface area contributed by atoms with Crippen LogP contribution in [0, 0.1) is 19.8 Å². The maximum absolute atomic E-state index is 11.9. The van der Waals surface area contributed by atoms with Crippen LogP contribution in [-0.2, 0) is 4.79 Å². The minimum absolute atomic E-state index is 0.0440. The van der Waals surface area contributed by atoms with E-state index >= 15 is 0 Å². The van der Waals surface area contributed by atoms with Crippen molar-refractivity contribution >= 4 is 17.2 Å². The summed E-state index contributed by atoms with van der Waals surface area (Å²) in [5.74, 6) is 0.654. The summed E-state index contributed by atoms with van der Waals surface area (Å²) in [6, 6.07) is 2.28. The minimum atomic E-state index is 0.0440. The number of thiophene rings is 1. The summed E-state index contributed by atoms with van der Waals surface area (Å²) in [6.07, 6.45) is 2.83. The lowest BCUT2D eigenvalue weighted by atomic mass is 10.1. The molecule has 0 bridgehead atoms. The predicted molar refractivity (Wildman–Crippen MR) is 75.7 cm³/mol. The molecule has 0 aliphatic heterocycles. The van der Waals surface area contributed by atoms with Crippen molar-refractivity contribution in [1.82, 2.24) is 5.32 Å². The van der Waals surface area contributed by atoms with Gasteiger partial charge >= 0.3 is 0 Å². The van der Waals surface area contributed by atoms with Gasteiger partial charge in [-0.1, -0.05) is 0 Å². The van der Waals surface area contributed by atoms with E-state index in [-0.39, 0.29) is 18.0 Å². The molecule has 0 radical (unpaired) electrons. The van der Waals surface area contributed by atoms with Gasteiger partial charge in [-0.05, 0) is 51.2 Å². The van der Waals surface area contributed by atoms with Crippen molar-refractivity contribution in [3.63, 3.8) is 0 Å². The van der Waals surface area contributed by atoms with Crippen LogP contribution in [0.2, 0.25) is 0 Å². The summed E-state index contributed by atoms with van der Waals surface area (Å²) in [5, 5.41) is 3.05. The molecule has 100 valence electrons. The number of carbonyl (C=O) groups excluding carboxylic acids is 1. The molecule has 1 aromatic rings. The van der Waals surface area contributed by atoms with Crippen LogP contribution >= 0.6 is 11.3 Å². The van der Waals surface area contributed by atoms with Crippen molar-refractivity contribution in [2.45, 2.75) is 52.1 Å². The summed E-state index contributed by atoms with van der Waals surface area (Å²) < 4.78 is 0. The van der Waals surface area contributed by atoms with Crippen LogP contribution in [0.15, 0.2) is 6.07 Å². The van der Waals surface area contributed by atoms with Crippen molar-refractivity contribution in [1.29, 1.82) is 0 Å². The Kier molecular flexibility index (Phi) is 4.07. The minimum Gasteiger partial charge on any atom is -0.349 e. The average Bonchev–Trinajstić information content (AvgIpc) is 3.04. The Labute approximate surface area is 113 Å². The summed E-state index contributed by atoms with van der Waals surface area (Å²) in [5.41, 5.74) is 7.20. The highest BCUT2D eigenvalue weighted by molar-refractivity contribution is 7.12. The molecular formula is C14H22N2OS. The van der Waals surface area contributed by atoms with Crippen molar-refractivity contribution in [2.75, 3.05) is 0 Å². The predicted octanol–water partition coefficient (Wildman–Crippen LogP) is 2.67. The van der Waals surface area contributed by atoms with Crippen LogP contribution in [0.3, 0.4) is 0 Å². The number of carbonyl (C=O) groups is 1. The Bertz CT molecular complexity index is 437. The van der Waals surface area contributed by atoms with E-state index in [2.05, 4.69) is 25.2 Å². The molecular weight excluding hydrogens is 244 g/mol. The molecule has 0 spiro atoms. The Balaban J connectivity index is 1.88. The zero-order valence-corrected chi connectivity index (χ0v) is 12.1. The van der Waals surface area contributed by atoms with Crippen LogP contribution in [0.25, 0.3) is 0 Å². The number of nitrogens with one attached hydrogen (secondary N) is 1. The topological polar surface area (TPSA) is 55.1 Å². The number of aryl methyl sites for hydroxylation is 2. The third kappa shape index (κ3) is 3.33. The van der Waals surface area contributed by atoms with Gasteiger partial charge < -0.3 is 11.1 Å². The van der Waals surface area contributed by atoms with E-state index in [9.17, 15) is 4.79 Å². The largest absolute Gasteiger partial charge is 0.349 e. The van der Waals surface area contributed by atoms with Gasteiger partial charge in [0.25, 0.3) is 0 Å². The Morgan fingerprint density at radius 3 is 2.72 bits per heavy atom. The van der Waals surface area contributed by atoms with E-state index in [1.54, 1.807) is 11.3 Å². The first kappa shape index (κ1) is 13.6. The molecule has 0 aromatic carbocycles. The normalized spacial score (nSPS) is 18.4. The first-order valence-corrected chi connectivity index (χ1v) is 7.41. The van der Waals surface area contributed by atoms with Crippen LogP contribution < -0.4 is 11.1 Å². The lowest BCUT2D eigenvalue weighted by molar-refractivity contribution is -0.122. The second-order valence-corrected chi connectivity index (χ2v) is 6.82.